The summed E-state index contributed by atoms with van der Waals surface area (Å²) in [5.74, 6) is 2.59. The van der Waals surface area contributed by atoms with Crippen LogP contribution in [-0.4, -0.2) is 31.6 Å². The first kappa shape index (κ1) is 22.1. The van der Waals surface area contributed by atoms with E-state index in [4.69, 9.17) is 9.47 Å². The fraction of sp³-hybridized carbons (Fsp3) is 0.500. The molecule has 1 N–H and O–H groups in total. The highest BCUT2D eigenvalue weighted by Crippen LogP contribution is 2.48. The standard InChI is InChI=1S/C26H33NO3S/c1-16(2)23(17(3)4)25(28)22-10-9-21(31-22)18-15-26(11-13-27-14-12-26)30-20-8-6-7-19(29-5)24(18)20/h6-10,15-17,23,27H,11-14H2,1-5H3. The first-order chi connectivity index (χ1) is 14.8. The van der Waals surface area contributed by atoms with Crippen LogP contribution in [0, 0.1) is 17.8 Å². The number of carbonyl (C=O) groups is 1. The van der Waals surface area contributed by atoms with Gasteiger partial charge in [-0.25, -0.2) is 0 Å². The summed E-state index contributed by atoms with van der Waals surface area (Å²) in [6.45, 7) is 10.4. The number of thiophene rings is 1. The molecule has 31 heavy (non-hydrogen) atoms. The van der Waals surface area contributed by atoms with Gasteiger partial charge in [-0.3, -0.25) is 4.79 Å². The molecule has 3 heterocycles. The van der Waals surface area contributed by atoms with Crippen molar-refractivity contribution in [1.82, 2.24) is 5.32 Å². The predicted molar refractivity (Wildman–Crippen MR) is 127 cm³/mol. The normalized spacial score (nSPS) is 17.6. The molecule has 0 radical (unpaired) electrons. The lowest BCUT2D eigenvalue weighted by Crippen LogP contribution is -2.46. The van der Waals surface area contributed by atoms with Crippen LogP contribution in [0.4, 0.5) is 0 Å². The molecular formula is C26H33NO3S. The number of hydrogen-bond acceptors (Lipinski definition) is 5. The predicted octanol–water partition coefficient (Wildman–Crippen LogP) is 5.81. The maximum absolute atomic E-state index is 13.3. The Bertz CT molecular complexity index is 974. The Balaban J connectivity index is 1.78. The van der Waals surface area contributed by atoms with Crippen molar-refractivity contribution in [3.05, 3.63) is 51.7 Å². The highest BCUT2D eigenvalue weighted by molar-refractivity contribution is 7.15. The molecule has 2 aliphatic heterocycles. The summed E-state index contributed by atoms with van der Waals surface area (Å²) in [5.41, 5.74) is 1.79. The Morgan fingerprint density at radius 1 is 1.10 bits per heavy atom. The number of nitrogens with one attached hydrogen (secondary N) is 1. The summed E-state index contributed by atoms with van der Waals surface area (Å²) in [7, 11) is 1.70. The summed E-state index contributed by atoms with van der Waals surface area (Å²) >= 11 is 1.60. The summed E-state index contributed by atoms with van der Waals surface area (Å²) < 4.78 is 12.3. The first-order valence-corrected chi connectivity index (χ1v) is 12.1. The van der Waals surface area contributed by atoms with Gasteiger partial charge in [-0.05, 0) is 55.3 Å². The minimum atomic E-state index is -0.313. The lowest BCUT2D eigenvalue weighted by atomic mass is 9.82. The Morgan fingerprint density at radius 2 is 1.81 bits per heavy atom. The summed E-state index contributed by atoms with van der Waals surface area (Å²) in [5, 5.41) is 3.43. The van der Waals surface area contributed by atoms with Gasteiger partial charge in [0.15, 0.2) is 5.78 Å². The number of hydrogen-bond donors (Lipinski definition) is 1. The van der Waals surface area contributed by atoms with E-state index < -0.39 is 0 Å². The zero-order chi connectivity index (χ0) is 22.2. The molecule has 4 nitrogen and oxygen atoms in total. The van der Waals surface area contributed by atoms with Gasteiger partial charge >= 0.3 is 0 Å². The third-order valence-corrected chi connectivity index (χ3v) is 7.63. The van der Waals surface area contributed by atoms with Crippen LogP contribution in [-0.2, 0) is 0 Å². The van der Waals surface area contributed by atoms with E-state index in [9.17, 15) is 4.79 Å². The van der Waals surface area contributed by atoms with Crippen molar-refractivity contribution < 1.29 is 14.3 Å². The number of ketones is 1. The van der Waals surface area contributed by atoms with E-state index in [-0.39, 0.29) is 17.3 Å². The molecule has 2 aromatic rings. The number of methoxy groups -OCH3 is 1. The van der Waals surface area contributed by atoms with E-state index in [1.165, 1.54) is 0 Å². The van der Waals surface area contributed by atoms with Gasteiger partial charge in [0.05, 0.1) is 17.6 Å². The zero-order valence-electron chi connectivity index (χ0n) is 19.2. The monoisotopic (exact) mass is 439 g/mol. The second-order valence-corrected chi connectivity index (χ2v) is 10.4. The molecule has 0 atom stereocenters. The van der Waals surface area contributed by atoms with Crippen LogP contribution in [0.1, 0.15) is 60.6 Å². The van der Waals surface area contributed by atoms with Crippen molar-refractivity contribution in [2.24, 2.45) is 17.8 Å². The number of rotatable bonds is 6. The molecule has 1 aromatic heterocycles. The van der Waals surface area contributed by atoms with Gasteiger partial charge in [0.2, 0.25) is 0 Å². The second-order valence-electron chi connectivity index (χ2n) is 9.35. The Hall–Kier alpha value is -2.11. The minimum absolute atomic E-state index is 0.0350. The average Bonchev–Trinajstić information content (AvgIpc) is 3.23. The highest BCUT2D eigenvalue weighted by atomic mass is 32.1. The summed E-state index contributed by atoms with van der Waals surface area (Å²) in [6.07, 6.45) is 4.13. The van der Waals surface area contributed by atoms with Crippen molar-refractivity contribution in [3.8, 4) is 11.5 Å². The quantitative estimate of drug-likeness (QED) is 0.577. The number of ether oxygens (including phenoxy) is 2. The van der Waals surface area contributed by atoms with Gasteiger partial charge in [0, 0.05) is 29.2 Å². The largest absolute Gasteiger partial charge is 0.496 e. The zero-order valence-corrected chi connectivity index (χ0v) is 20.0. The van der Waals surface area contributed by atoms with Crippen LogP contribution in [0.2, 0.25) is 0 Å². The number of piperidine rings is 1. The first-order valence-electron chi connectivity index (χ1n) is 11.3. The number of benzene rings is 1. The topological polar surface area (TPSA) is 47.6 Å². The average molecular weight is 440 g/mol. The fourth-order valence-electron chi connectivity index (χ4n) is 5.06. The van der Waals surface area contributed by atoms with Crippen molar-refractivity contribution in [3.63, 3.8) is 0 Å². The van der Waals surface area contributed by atoms with Gasteiger partial charge in [-0.2, -0.15) is 0 Å². The van der Waals surface area contributed by atoms with Gasteiger partial charge in [-0.1, -0.05) is 33.8 Å². The molecule has 5 heteroatoms. The Kier molecular flexibility index (Phi) is 6.27. The van der Waals surface area contributed by atoms with E-state index in [1.807, 2.05) is 24.3 Å². The van der Waals surface area contributed by atoms with Crippen LogP contribution < -0.4 is 14.8 Å². The van der Waals surface area contributed by atoms with E-state index in [1.54, 1.807) is 18.4 Å². The molecule has 0 aliphatic carbocycles. The maximum atomic E-state index is 13.3. The van der Waals surface area contributed by atoms with E-state index in [0.29, 0.717) is 11.8 Å². The molecule has 1 spiro atoms. The Morgan fingerprint density at radius 3 is 2.45 bits per heavy atom. The number of fused-ring (bicyclic) bond motifs is 1. The molecule has 2 aliphatic rings. The second kappa shape index (κ2) is 8.79. The van der Waals surface area contributed by atoms with Crippen LogP contribution in [0.25, 0.3) is 5.57 Å². The lowest BCUT2D eigenvalue weighted by Gasteiger charge is -2.40. The van der Waals surface area contributed by atoms with E-state index >= 15 is 0 Å². The Labute approximate surface area is 189 Å². The number of carbonyl (C=O) groups excluding carboxylic acids is 1. The fourth-order valence-corrected chi connectivity index (χ4v) is 6.08. The molecule has 0 amide bonds. The smallest absolute Gasteiger partial charge is 0.176 e. The van der Waals surface area contributed by atoms with Crippen LogP contribution in [0.15, 0.2) is 36.4 Å². The molecule has 1 aromatic carbocycles. The molecule has 0 saturated carbocycles. The molecule has 1 fully saturated rings. The van der Waals surface area contributed by atoms with Gasteiger partial charge < -0.3 is 14.8 Å². The number of Topliss-reactive ketones (excluding diaryl/α,β-unsaturated/α-hetero) is 1. The van der Waals surface area contributed by atoms with Gasteiger partial charge in [0.25, 0.3) is 0 Å². The molecular weight excluding hydrogens is 406 g/mol. The van der Waals surface area contributed by atoms with Crippen LogP contribution in [0.3, 0.4) is 0 Å². The van der Waals surface area contributed by atoms with Crippen molar-refractivity contribution in [1.29, 1.82) is 0 Å². The molecule has 1 saturated heterocycles. The molecule has 0 bridgehead atoms. The SMILES string of the molecule is COc1cccc2c1C(c1ccc(C(=O)C(C(C)C)C(C)C)s1)=CC1(CCNCC1)O2. The van der Waals surface area contributed by atoms with Crippen molar-refractivity contribution >= 4 is 22.7 Å². The van der Waals surface area contributed by atoms with Gasteiger partial charge in [0.1, 0.15) is 17.1 Å². The van der Waals surface area contributed by atoms with Crippen molar-refractivity contribution in [2.45, 2.75) is 46.1 Å². The van der Waals surface area contributed by atoms with Crippen LogP contribution >= 0.6 is 11.3 Å². The van der Waals surface area contributed by atoms with Crippen molar-refractivity contribution in [2.75, 3.05) is 20.2 Å². The lowest BCUT2D eigenvalue weighted by molar-refractivity contribution is 0.0812. The third-order valence-electron chi connectivity index (χ3n) is 6.50. The van der Waals surface area contributed by atoms with E-state index in [0.717, 1.165) is 58.3 Å². The highest BCUT2D eigenvalue weighted by Gasteiger charge is 2.38. The summed E-state index contributed by atoms with van der Waals surface area (Å²) in [6, 6.07) is 10.1. The third kappa shape index (κ3) is 4.18. The molecule has 4 rings (SSSR count). The molecule has 0 unspecified atom stereocenters. The van der Waals surface area contributed by atoms with Gasteiger partial charge in [-0.15, -0.1) is 11.3 Å². The molecule has 166 valence electrons. The van der Waals surface area contributed by atoms with E-state index in [2.05, 4.69) is 45.2 Å². The summed E-state index contributed by atoms with van der Waals surface area (Å²) in [4.78, 5) is 15.3. The maximum Gasteiger partial charge on any atom is 0.176 e. The van der Waals surface area contributed by atoms with Crippen LogP contribution in [0.5, 0.6) is 11.5 Å². The minimum Gasteiger partial charge on any atom is -0.496 e.